The van der Waals surface area contributed by atoms with Crippen molar-refractivity contribution in [1.82, 2.24) is 5.32 Å². The zero-order valence-corrected chi connectivity index (χ0v) is 18.8. The van der Waals surface area contributed by atoms with Crippen LogP contribution in [-0.2, 0) is 20.6 Å². The van der Waals surface area contributed by atoms with Gasteiger partial charge in [-0.3, -0.25) is 9.79 Å². The SMILES string of the molecule is Cc1cc(B2OC(C)(C)C(C)(C)O2)ccc1CNC(=O)/C(C=NC(C)(C)C)=N/N. The van der Waals surface area contributed by atoms with Gasteiger partial charge in [0.05, 0.1) is 23.0 Å². The van der Waals surface area contributed by atoms with Crippen LogP contribution in [0.2, 0.25) is 0 Å². The first kappa shape index (κ1) is 23.1. The summed E-state index contributed by atoms with van der Waals surface area (Å²) in [5, 5.41) is 6.38. The van der Waals surface area contributed by atoms with Gasteiger partial charge in [-0.05, 0) is 72.0 Å². The van der Waals surface area contributed by atoms with E-state index in [0.717, 1.165) is 16.6 Å². The lowest BCUT2D eigenvalue weighted by atomic mass is 9.78. The summed E-state index contributed by atoms with van der Waals surface area (Å²) in [6, 6.07) is 5.97. The Morgan fingerprint density at radius 2 is 1.79 bits per heavy atom. The van der Waals surface area contributed by atoms with Crippen LogP contribution in [0.1, 0.15) is 59.6 Å². The highest BCUT2D eigenvalue weighted by Gasteiger charge is 2.51. The zero-order valence-electron chi connectivity index (χ0n) is 18.8. The van der Waals surface area contributed by atoms with Gasteiger partial charge < -0.3 is 20.5 Å². The normalized spacial score (nSPS) is 19.0. The molecule has 7 nitrogen and oxygen atoms in total. The minimum Gasteiger partial charge on any atom is -0.399 e. The van der Waals surface area contributed by atoms with Gasteiger partial charge in [0.15, 0.2) is 5.71 Å². The lowest BCUT2D eigenvalue weighted by Gasteiger charge is -2.32. The fourth-order valence-corrected chi connectivity index (χ4v) is 2.71. The van der Waals surface area contributed by atoms with E-state index in [4.69, 9.17) is 15.2 Å². The molecular formula is C21H33BN4O3. The first-order valence-electron chi connectivity index (χ1n) is 9.82. The van der Waals surface area contributed by atoms with E-state index in [0.29, 0.717) is 6.54 Å². The fourth-order valence-electron chi connectivity index (χ4n) is 2.71. The van der Waals surface area contributed by atoms with E-state index in [9.17, 15) is 4.79 Å². The third-order valence-electron chi connectivity index (χ3n) is 5.28. The molecule has 0 radical (unpaired) electrons. The summed E-state index contributed by atoms with van der Waals surface area (Å²) in [4.78, 5) is 16.6. The second kappa shape index (κ2) is 8.28. The molecule has 8 heteroatoms. The molecule has 1 amide bonds. The van der Waals surface area contributed by atoms with Gasteiger partial charge in [-0.1, -0.05) is 18.2 Å². The van der Waals surface area contributed by atoms with E-state index in [2.05, 4.69) is 15.4 Å². The fraction of sp³-hybridized carbons (Fsp3) is 0.571. The topological polar surface area (TPSA) is 98.3 Å². The average Bonchev–Trinajstić information content (AvgIpc) is 2.81. The van der Waals surface area contributed by atoms with E-state index >= 15 is 0 Å². The Labute approximate surface area is 174 Å². The number of nitrogens with one attached hydrogen (secondary N) is 1. The van der Waals surface area contributed by atoms with Crippen molar-refractivity contribution in [2.24, 2.45) is 15.9 Å². The van der Waals surface area contributed by atoms with Crippen LogP contribution >= 0.6 is 0 Å². The molecule has 0 aliphatic carbocycles. The predicted octanol–water partition coefficient (Wildman–Crippen LogP) is 2.09. The highest BCUT2D eigenvalue weighted by atomic mass is 16.7. The lowest BCUT2D eigenvalue weighted by Crippen LogP contribution is -2.41. The number of carbonyl (C=O) groups is 1. The van der Waals surface area contributed by atoms with E-state index < -0.39 is 7.12 Å². The standard InChI is InChI=1S/C21H33BN4O3/c1-14-11-16(22-28-20(5,6)21(7,8)29-22)10-9-15(14)12-24-18(27)17(26-23)13-25-19(2,3)4/h9-11,13H,12,23H2,1-8H3,(H,24,27)/b25-13?,26-17+. The van der Waals surface area contributed by atoms with Gasteiger partial charge in [0.2, 0.25) is 0 Å². The van der Waals surface area contributed by atoms with Crippen LogP contribution in [0.25, 0.3) is 0 Å². The number of hydrogen-bond donors (Lipinski definition) is 2. The van der Waals surface area contributed by atoms with Crippen molar-refractivity contribution in [2.75, 3.05) is 0 Å². The first-order valence-corrected chi connectivity index (χ1v) is 9.82. The molecule has 1 aliphatic heterocycles. The van der Waals surface area contributed by atoms with Crippen LogP contribution in [0.4, 0.5) is 0 Å². The second-order valence-electron chi connectivity index (χ2n) is 9.40. The van der Waals surface area contributed by atoms with E-state index in [1.165, 1.54) is 6.21 Å². The minimum atomic E-state index is -0.410. The smallest absolute Gasteiger partial charge is 0.399 e. The molecule has 158 valence electrons. The van der Waals surface area contributed by atoms with Crippen LogP contribution in [0.15, 0.2) is 28.3 Å². The molecule has 3 N–H and O–H groups in total. The van der Waals surface area contributed by atoms with Crippen LogP contribution in [0.5, 0.6) is 0 Å². The Balaban J connectivity index is 2.05. The zero-order chi connectivity index (χ0) is 22.0. The highest BCUT2D eigenvalue weighted by molar-refractivity contribution is 6.62. The summed E-state index contributed by atoms with van der Waals surface area (Å²) < 4.78 is 12.2. The Bertz CT molecular complexity index is 810. The molecule has 1 aromatic rings. The number of nitrogens with zero attached hydrogens (tertiary/aromatic N) is 2. The molecule has 1 heterocycles. The Morgan fingerprint density at radius 3 is 2.28 bits per heavy atom. The number of hydrogen-bond acceptors (Lipinski definition) is 6. The molecule has 1 fully saturated rings. The number of amides is 1. The molecule has 2 rings (SSSR count). The van der Waals surface area contributed by atoms with E-state index in [-0.39, 0.29) is 28.4 Å². The Kier molecular flexibility index (Phi) is 6.60. The van der Waals surface area contributed by atoms with E-state index in [1.807, 2.05) is 73.6 Å². The Hall–Kier alpha value is -2.19. The number of aryl methyl sites for hydroxylation is 1. The van der Waals surface area contributed by atoms with Crippen molar-refractivity contribution in [2.45, 2.75) is 78.7 Å². The number of aliphatic imine (C=N–C) groups is 1. The molecule has 0 atom stereocenters. The molecule has 1 aromatic carbocycles. The molecule has 1 saturated heterocycles. The maximum absolute atomic E-state index is 12.3. The van der Waals surface area contributed by atoms with Crippen molar-refractivity contribution in [1.29, 1.82) is 0 Å². The summed E-state index contributed by atoms with van der Waals surface area (Å²) in [7, 11) is -0.410. The predicted molar refractivity (Wildman–Crippen MR) is 119 cm³/mol. The maximum atomic E-state index is 12.3. The monoisotopic (exact) mass is 400 g/mol. The molecule has 0 bridgehead atoms. The van der Waals surface area contributed by atoms with Gasteiger partial charge in [0.1, 0.15) is 0 Å². The number of rotatable bonds is 5. The van der Waals surface area contributed by atoms with E-state index in [1.54, 1.807) is 0 Å². The summed E-state index contributed by atoms with van der Waals surface area (Å²) in [6.07, 6.45) is 1.41. The number of benzene rings is 1. The van der Waals surface area contributed by atoms with Crippen molar-refractivity contribution in [3.8, 4) is 0 Å². The molecule has 0 saturated carbocycles. The first-order chi connectivity index (χ1) is 13.3. The largest absolute Gasteiger partial charge is 0.494 e. The summed E-state index contributed by atoms with van der Waals surface area (Å²) >= 11 is 0. The minimum absolute atomic E-state index is 0.0893. The number of hydrazone groups is 1. The molecule has 29 heavy (non-hydrogen) atoms. The molecule has 1 aliphatic rings. The van der Waals surface area contributed by atoms with Crippen molar-refractivity contribution < 1.29 is 14.1 Å². The molecule has 0 aromatic heterocycles. The van der Waals surface area contributed by atoms with Crippen molar-refractivity contribution in [3.63, 3.8) is 0 Å². The van der Waals surface area contributed by atoms with Gasteiger partial charge in [-0.15, -0.1) is 0 Å². The molecular weight excluding hydrogens is 367 g/mol. The average molecular weight is 400 g/mol. The van der Waals surface area contributed by atoms with Crippen LogP contribution < -0.4 is 16.6 Å². The quantitative estimate of drug-likeness (QED) is 0.342. The van der Waals surface area contributed by atoms with Crippen molar-refractivity contribution >= 4 is 30.4 Å². The Morgan fingerprint density at radius 1 is 1.21 bits per heavy atom. The van der Waals surface area contributed by atoms with Gasteiger partial charge in [-0.25, -0.2) is 0 Å². The van der Waals surface area contributed by atoms with Crippen molar-refractivity contribution in [3.05, 3.63) is 29.3 Å². The molecule has 0 spiro atoms. The van der Waals surface area contributed by atoms with Crippen LogP contribution in [0.3, 0.4) is 0 Å². The van der Waals surface area contributed by atoms with Gasteiger partial charge >= 0.3 is 7.12 Å². The summed E-state index contributed by atoms with van der Waals surface area (Å²) in [6.45, 7) is 16.3. The van der Waals surface area contributed by atoms with Crippen LogP contribution in [-0.4, -0.2) is 41.7 Å². The van der Waals surface area contributed by atoms with Gasteiger partial charge in [0.25, 0.3) is 5.91 Å². The highest BCUT2D eigenvalue weighted by Crippen LogP contribution is 2.36. The van der Waals surface area contributed by atoms with Gasteiger partial charge in [0, 0.05) is 6.54 Å². The number of nitrogens with two attached hydrogens (primary N) is 1. The van der Waals surface area contributed by atoms with Crippen LogP contribution in [0, 0.1) is 6.92 Å². The lowest BCUT2D eigenvalue weighted by molar-refractivity contribution is -0.114. The molecule has 0 unspecified atom stereocenters. The maximum Gasteiger partial charge on any atom is 0.494 e. The van der Waals surface area contributed by atoms with Gasteiger partial charge in [-0.2, -0.15) is 5.10 Å². The number of carbonyl (C=O) groups excluding carboxylic acids is 1. The summed E-state index contributed by atoms with van der Waals surface area (Å²) in [5.74, 6) is 4.98. The summed E-state index contributed by atoms with van der Waals surface area (Å²) in [5.41, 5.74) is 1.99. The second-order valence-corrected chi connectivity index (χ2v) is 9.40. The third-order valence-corrected chi connectivity index (χ3v) is 5.28. The third kappa shape index (κ3) is 5.67.